The lowest BCUT2D eigenvalue weighted by Crippen LogP contribution is -2.29. The fourth-order valence-corrected chi connectivity index (χ4v) is 4.03. The number of pyridine rings is 1. The van der Waals surface area contributed by atoms with E-state index in [0.717, 1.165) is 0 Å². The van der Waals surface area contributed by atoms with E-state index in [9.17, 15) is 24.8 Å². The molecule has 1 fully saturated rings. The molecule has 0 spiro atoms. The second kappa shape index (κ2) is 9.64. The Morgan fingerprint density at radius 3 is 2.51 bits per heavy atom. The Balaban J connectivity index is 1.90. The molecule has 1 aliphatic rings. The minimum atomic E-state index is -1.07. The van der Waals surface area contributed by atoms with Crippen molar-refractivity contribution in [2.45, 2.75) is 12.6 Å². The number of nitro benzene ring substituents is 1. The molecule has 1 saturated heterocycles. The zero-order valence-electron chi connectivity index (χ0n) is 18.9. The minimum absolute atomic E-state index is 0.00842. The van der Waals surface area contributed by atoms with Crippen molar-refractivity contribution in [2.75, 3.05) is 14.2 Å². The second-order valence-corrected chi connectivity index (χ2v) is 7.71. The summed E-state index contributed by atoms with van der Waals surface area (Å²) in [4.78, 5) is 42.4. The number of nitrogens with zero attached hydrogens (tertiary/aromatic N) is 3. The summed E-state index contributed by atoms with van der Waals surface area (Å²) in [6.45, 7) is 0.00842. The summed E-state index contributed by atoms with van der Waals surface area (Å²) in [5.74, 6) is -1.45. The largest absolute Gasteiger partial charge is 0.507 e. The zero-order chi connectivity index (χ0) is 25.1. The molecule has 178 valence electrons. The van der Waals surface area contributed by atoms with Gasteiger partial charge >= 0.3 is 0 Å². The number of likely N-dealkylation sites (tertiary alicyclic amines) is 1. The highest BCUT2D eigenvalue weighted by Gasteiger charge is 2.46. The van der Waals surface area contributed by atoms with E-state index in [4.69, 9.17) is 9.47 Å². The Hall–Kier alpha value is -4.73. The van der Waals surface area contributed by atoms with E-state index in [0.29, 0.717) is 22.6 Å². The van der Waals surface area contributed by atoms with Crippen LogP contribution in [0.15, 0.2) is 72.6 Å². The number of aromatic nitrogens is 1. The van der Waals surface area contributed by atoms with Crippen molar-refractivity contribution in [3.05, 3.63) is 99.4 Å². The van der Waals surface area contributed by atoms with Crippen molar-refractivity contribution >= 4 is 23.1 Å². The average molecular weight is 475 g/mol. The first kappa shape index (κ1) is 23.4. The third-order valence-corrected chi connectivity index (χ3v) is 5.67. The molecule has 0 aliphatic carbocycles. The van der Waals surface area contributed by atoms with Crippen molar-refractivity contribution in [3.63, 3.8) is 0 Å². The molecule has 1 aromatic heterocycles. The number of carbonyl (C=O) groups is 2. The maximum atomic E-state index is 13.2. The van der Waals surface area contributed by atoms with Crippen LogP contribution in [0.2, 0.25) is 0 Å². The number of aliphatic hydroxyl groups is 1. The van der Waals surface area contributed by atoms with Crippen LogP contribution in [0.4, 0.5) is 5.69 Å². The molecule has 0 radical (unpaired) electrons. The minimum Gasteiger partial charge on any atom is -0.507 e. The number of benzene rings is 2. The summed E-state index contributed by atoms with van der Waals surface area (Å²) in [6, 6.07) is 12.6. The summed E-state index contributed by atoms with van der Waals surface area (Å²) >= 11 is 0. The Morgan fingerprint density at radius 1 is 1.09 bits per heavy atom. The maximum Gasteiger partial charge on any atom is 0.295 e. The Kier molecular flexibility index (Phi) is 6.45. The number of nitro groups is 1. The fourth-order valence-electron chi connectivity index (χ4n) is 4.03. The highest BCUT2D eigenvalue weighted by atomic mass is 16.6. The van der Waals surface area contributed by atoms with Gasteiger partial charge in [0.1, 0.15) is 5.76 Å². The number of ketones is 1. The van der Waals surface area contributed by atoms with Gasteiger partial charge in [-0.05, 0) is 35.4 Å². The number of Topliss-reactive ketones (excluding diaryl/α,β-unsaturated/α-hetero) is 1. The molecular weight excluding hydrogens is 454 g/mol. The van der Waals surface area contributed by atoms with Crippen LogP contribution in [-0.2, 0) is 16.1 Å². The number of non-ortho nitro benzene ring substituents is 1. The van der Waals surface area contributed by atoms with E-state index in [1.807, 2.05) is 0 Å². The molecule has 10 nitrogen and oxygen atoms in total. The van der Waals surface area contributed by atoms with Gasteiger partial charge in [0.25, 0.3) is 17.4 Å². The molecule has 1 aliphatic heterocycles. The van der Waals surface area contributed by atoms with Crippen LogP contribution in [0.25, 0.3) is 5.76 Å². The van der Waals surface area contributed by atoms with Gasteiger partial charge in [0.2, 0.25) is 0 Å². The molecule has 2 aromatic carbocycles. The first-order valence-electron chi connectivity index (χ1n) is 10.5. The number of hydrogen-bond donors (Lipinski definition) is 1. The van der Waals surface area contributed by atoms with E-state index in [1.54, 1.807) is 36.7 Å². The number of methoxy groups -OCH3 is 2. The lowest BCUT2D eigenvalue weighted by Gasteiger charge is -2.25. The summed E-state index contributed by atoms with van der Waals surface area (Å²) in [6.07, 6.45) is 3.13. The Bertz CT molecular complexity index is 1340. The maximum absolute atomic E-state index is 13.2. The molecule has 10 heteroatoms. The van der Waals surface area contributed by atoms with Crippen molar-refractivity contribution in [3.8, 4) is 11.5 Å². The highest BCUT2D eigenvalue weighted by molar-refractivity contribution is 6.46. The molecule has 35 heavy (non-hydrogen) atoms. The third-order valence-electron chi connectivity index (χ3n) is 5.67. The van der Waals surface area contributed by atoms with E-state index in [-0.39, 0.29) is 23.4 Å². The number of ether oxygens (including phenoxy) is 2. The first-order chi connectivity index (χ1) is 16.8. The van der Waals surface area contributed by atoms with Gasteiger partial charge in [-0.3, -0.25) is 24.7 Å². The van der Waals surface area contributed by atoms with E-state index >= 15 is 0 Å². The van der Waals surface area contributed by atoms with Crippen molar-refractivity contribution in [1.29, 1.82) is 0 Å². The predicted octanol–water partition coefficient (Wildman–Crippen LogP) is 3.63. The van der Waals surface area contributed by atoms with Crippen LogP contribution in [0.3, 0.4) is 0 Å². The van der Waals surface area contributed by atoms with Crippen molar-refractivity contribution in [2.24, 2.45) is 0 Å². The quantitative estimate of drug-likeness (QED) is 0.180. The lowest BCUT2D eigenvalue weighted by molar-refractivity contribution is -0.384. The van der Waals surface area contributed by atoms with Gasteiger partial charge in [0, 0.05) is 36.6 Å². The summed E-state index contributed by atoms with van der Waals surface area (Å²) in [7, 11) is 2.89. The fraction of sp³-hybridized carbons (Fsp3) is 0.160. The standard InChI is InChI=1S/C25H21N3O7/c1-34-19-9-8-17(12-20(19)35-2)23(29)21-22(16-6-3-7-18(11-16)28(32)33)27(25(31)24(21)30)14-15-5-4-10-26-13-15/h3-13,22,29H,14H2,1-2H3/b23-21+. The second-order valence-electron chi connectivity index (χ2n) is 7.71. The molecule has 1 unspecified atom stereocenters. The monoisotopic (exact) mass is 475 g/mol. The third kappa shape index (κ3) is 4.41. The van der Waals surface area contributed by atoms with Gasteiger partial charge in [-0.1, -0.05) is 18.2 Å². The van der Waals surface area contributed by atoms with Crippen LogP contribution >= 0.6 is 0 Å². The number of carbonyl (C=O) groups excluding carboxylic acids is 2. The van der Waals surface area contributed by atoms with Crippen LogP contribution in [0, 0.1) is 10.1 Å². The molecule has 4 rings (SSSR count). The van der Waals surface area contributed by atoms with Crippen molar-refractivity contribution in [1.82, 2.24) is 9.88 Å². The molecule has 0 saturated carbocycles. The van der Waals surface area contributed by atoms with Gasteiger partial charge in [0.15, 0.2) is 11.5 Å². The smallest absolute Gasteiger partial charge is 0.295 e. The number of aliphatic hydroxyl groups excluding tert-OH is 1. The number of hydrogen-bond acceptors (Lipinski definition) is 8. The number of rotatable bonds is 7. The molecule has 1 atom stereocenters. The topological polar surface area (TPSA) is 132 Å². The predicted molar refractivity (Wildman–Crippen MR) is 125 cm³/mol. The average Bonchev–Trinajstić information content (AvgIpc) is 3.13. The lowest BCUT2D eigenvalue weighted by atomic mass is 9.94. The summed E-state index contributed by atoms with van der Waals surface area (Å²) in [5, 5.41) is 22.6. The highest BCUT2D eigenvalue weighted by Crippen LogP contribution is 2.42. The van der Waals surface area contributed by atoms with E-state index in [1.165, 1.54) is 49.5 Å². The van der Waals surface area contributed by atoms with Crippen LogP contribution in [-0.4, -0.2) is 45.8 Å². The summed E-state index contributed by atoms with van der Waals surface area (Å²) in [5.41, 5.74) is 0.782. The van der Waals surface area contributed by atoms with Crippen LogP contribution < -0.4 is 9.47 Å². The Labute approximate surface area is 200 Å². The SMILES string of the molecule is COc1ccc(/C(O)=C2\C(=O)C(=O)N(Cc3cccnc3)C2c2cccc([N+](=O)[O-])c2)cc1OC. The first-order valence-corrected chi connectivity index (χ1v) is 10.5. The van der Waals surface area contributed by atoms with Gasteiger partial charge in [-0.25, -0.2) is 0 Å². The summed E-state index contributed by atoms with van der Waals surface area (Å²) < 4.78 is 10.5. The molecule has 2 heterocycles. The van der Waals surface area contributed by atoms with Crippen LogP contribution in [0.5, 0.6) is 11.5 Å². The molecular formula is C25H21N3O7. The molecule has 3 aromatic rings. The van der Waals surface area contributed by atoms with Gasteiger partial charge in [0.05, 0.1) is 30.8 Å². The normalized spacial score (nSPS) is 16.9. The van der Waals surface area contributed by atoms with Crippen molar-refractivity contribution < 1.29 is 29.1 Å². The molecule has 1 amide bonds. The zero-order valence-corrected chi connectivity index (χ0v) is 18.9. The molecule has 1 N–H and O–H groups in total. The Morgan fingerprint density at radius 2 is 1.86 bits per heavy atom. The van der Waals surface area contributed by atoms with E-state index < -0.39 is 28.4 Å². The van der Waals surface area contributed by atoms with Gasteiger partial charge < -0.3 is 19.5 Å². The van der Waals surface area contributed by atoms with Crippen LogP contribution in [0.1, 0.15) is 22.7 Å². The van der Waals surface area contributed by atoms with Gasteiger partial charge in [-0.15, -0.1) is 0 Å². The molecule has 0 bridgehead atoms. The van der Waals surface area contributed by atoms with E-state index in [2.05, 4.69) is 4.98 Å². The number of amides is 1. The van der Waals surface area contributed by atoms with Gasteiger partial charge in [-0.2, -0.15) is 0 Å².